The molecule has 0 saturated carbocycles. The lowest BCUT2D eigenvalue weighted by Crippen LogP contribution is -2.38. The molecule has 1 fully saturated rings. The Morgan fingerprint density at radius 2 is 1.89 bits per heavy atom. The van der Waals surface area contributed by atoms with Gasteiger partial charge in [-0.15, -0.1) is 0 Å². The molecule has 2 heterocycles. The van der Waals surface area contributed by atoms with E-state index in [2.05, 4.69) is 5.10 Å². The van der Waals surface area contributed by atoms with E-state index in [1.54, 1.807) is 15.7 Å². The Morgan fingerprint density at radius 3 is 2.61 bits per heavy atom. The minimum Gasteiger partial charge on any atom is -0.452 e. The molecule has 0 unspecified atom stereocenters. The molecule has 0 atom stereocenters. The molecule has 2 aromatic rings. The first-order valence-corrected chi connectivity index (χ1v) is 9.82. The number of hydrogen-bond acceptors (Lipinski definition) is 4. The van der Waals surface area contributed by atoms with Crippen molar-refractivity contribution in [3.63, 3.8) is 0 Å². The van der Waals surface area contributed by atoms with E-state index in [-0.39, 0.29) is 12.5 Å². The minimum absolute atomic E-state index is 0.147. The van der Waals surface area contributed by atoms with Gasteiger partial charge in [0.1, 0.15) is 5.15 Å². The fraction of sp³-hybridized carbons (Fsp3) is 0.381. The van der Waals surface area contributed by atoms with Crippen LogP contribution in [0.15, 0.2) is 36.4 Å². The van der Waals surface area contributed by atoms with Gasteiger partial charge in [0.25, 0.3) is 5.91 Å². The second kappa shape index (κ2) is 9.55. The number of carbonyl (C=O) groups excluding carboxylic acids is 2. The molecule has 148 valence electrons. The number of nitrogens with zero attached hydrogens (tertiary/aromatic N) is 3. The molecule has 3 rings (SSSR count). The van der Waals surface area contributed by atoms with Crippen LogP contribution < -0.4 is 0 Å². The molecule has 7 heteroatoms. The molecule has 0 radical (unpaired) electrons. The van der Waals surface area contributed by atoms with Crippen LogP contribution in [0.5, 0.6) is 0 Å². The molecule has 1 aromatic carbocycles. The van der Waals surface area contributed by atoms with Crippen molar-refractivity contribution in [2.75, 3.05) is 19.7 Å². The second-order valence-electron chi connectivity index (χ2n) is 6.82. The van der Waals surface area contributed by atoms with Crippen molar-refractivity contribution in [2.24, 2.45) is 0 Å². The first kappa shape index (κ1) is 20.1. The number of aryl methyl sites for hydroxylation is 1. The summed E-state index contributed by atoms with van der Waals surface area (Å²) in [5.74, 6) is -0.719. The molecule has 1 amide bonds. The van der Waals surface area contributed by atoms with Crippen LogP contribution in [0.1, 0.15) is 36.1 Å². The van der Waals surface area contributed by atoms with Crippen molar-refractivity contribution in [3.05, 3.63) is 58.4 Å². The number of piperidine rings is 1. The summed E-state index contributed by atoms with van der Waals surface area (Å²) in [6.07, 6.45) is 6.02. The lowest BCUT2D eigenvalue weighted by atomic mass is 10.1. The normalized spacial score (nSPS) is 14.4. The van der Waals surface area contributed by atoms with Crippen LogP contribution >= 0.6 is 11.6 Å². The Hall–Kier alpha value is -2.60. The number of likely N-dealkylation sites (tertiary alicyclic amines) is 1. The predicted octanol–water partition coefficient (Wildman–Crippen LogP) is 3.46. The van der Waals surface area contributed by atoms with Crippen molar-refractivity contribution in [1.29, 1.82) is 0 Å². The Bertz CT molecular complexity index is 855. The first-order chi connectivity index (χ1) is 13.5. The van der Waals surface area contributed by atoms with Crippen LogP contribution in [0.3, 0.4) is 0 Å². The lowest BCUT2D eigenvalue weighted by Gasteiger charge is -2.26. The maximum Gasteiger partial charge on any atom is 0.331 e. The molecule has 0 spiro atoms. The minimum atomic E-state index is -0.573. The van der Waals surface area contributed by atoms with E-state index in [9.17, 15) is 9.59 Å². The molecule has 1 saturated heterocycles. The summed E-state index contributed by atoms with van der Waals surface area (Å²) in [5, 5.41) is 4.89. The standard InChI is InChI=1S/C21H24ClN3O3/c1-16-18(21(22)25(23-16)14-17-8-4-2-5-9-17)10-11-20(27)28-15-19(26)24-12-6-3-7-13-24/h2,4-5,8-11H,3,6-7,12-15H2,1H3/b11-10+. The summed E-state index contributed by atoms with van der Waals surface area (Å²) in [7, 11) is 0. The maximum absolute atomic E-state index is 12.1. The molecule has 6 nitrogen and oxygen atoms in total. The summed E-state index contributed by atoms with van der Waals surface area (Å²) in [6, 6.07) is 9.87. The Kier molecular flexibility index (Phi) is 6.87. The molecular formula is C21H24ClN3O3. The van der Waals surface area contributed by atoms with Crippen molar-refractivity contribution >= 4 is 29.6 Å². The van der Waals surface area contributed by atoms with Crippen LogP contribution in [0.4, 0.5) is 0 Å². The maximum atomic E-state index is 12.1. The summed E-state index contributed by atoms with van der Waals surface area (Å²) in [6.45, 7) is 3.62. The van der Waals surface area contributed by atoms with Crippen molar-refractivity contribution in [1.82, 2.24) is 14.7 Å². The van der Waals surface area contributed by atoms with Crippen LogP contribution in [0.25, 0.3) is 6.08 Å². The zero-order valence-corrected chi connectivity index (χ0v) is 16.7. The molecule has 28 heavy (non-hydrogen) atoms. The van der Waals surface area contributed by atoms with E-state index in [1.165, 1.54) is 6.08 Å². The summed E-state index contributed by atoms with van der Waals surface area (Å²) < 4.78 is 6.77. The second-order valence-corrected chi connectivity index (χ2v) is 7.17. The first-order valence-electron chi connectivity index (χ1n) is 9.44. The third-order valence-corrected chi connectivity index (χ3v) is 5.12. The monoisotopic (exact) mass is 401 g/mol. The third kappa shape index (κ3) is 5.23. The smallest absolute Gasteiger partial charge is 0.331 e. The van der Waals surface area contributed by atoms with E-state index in [0.717, 1.165) is 43.6 Å². The van der Waals surface area contributed by atoms with E-state index in [0.29, 0.717) is 17.3 Å². The summed E-state index contributed by atoms with van der Waals surface area (Å²) in [5.41, 5.74) is 2.46. The van der Waals surface area contributed by atoms with Gasteiger partial charge in [-0.1, -0.05) is 41.9 Å². The third-order valence-electron chi connectivity index (χ3n) is 4.72. The number of ether oxygens (including phenoxy) is 1. The number of carbonyl (C=O) groups is 2. The average Bonchev–Trinajstić information content (AvgIpc) is 2.98. The van der Waals surface area contributed by atoms with Gasteiger partial charge in [0.05, 0.1) is 12.2 Å². The average molecular weight is 402 g/mol. The number of rotatable bonds is 6. The molecule has 0 bridgehead atoms. The topological polar surface area (TPSA) is 64.4 Å². The van der Waals surface area contributed by atoms with E-state index in [4.69, 9.17) is 16.3 Å². The van der Waals surface area contributed by atoms with Gasteiger partial charge in [-0.2, -0.15) is 5.10 Å². The number of amides is 1. The van der Waals surface area contributed by atoms with Crippen LogP contribution in [0, 0.1) is 6.92 Å². The highest BCUT2D eigenvalue weighted by atomic mass is 35.5. The summed E-state index contributed by atoms with van der Waals surface area (Å²) in [4.78, 5) is 25.8. The van der Waals surface area contributed by atoms with Crippen LogP contribution in [0.2, 0.25) is 5.15 Å². The predicted molar refractivity (Wildman–Crippen MR) is 108 cm³/mol. The van der Waals surface area contributed by atoms with Gasteiger partial charge in [0.2, 0.25) is 0 Å². The van der Waals surface area contributed by atoms with E-state index >= 15 is 0 Å². The van der Waals surface area contributed by atoms with Gasteiger partial charge in [-0.3, -0.25) is 4.79 Å². The number of halogens is 1. The lowest BCUT2D eigenvalue weighted by molar-refractivity contribution is -0.148. The highest BCUT2D eigenvalue weighted by Gasteiger charge is 2.17. The Labute approximate surface area is 169 Å². The van der Waals surface area contributed by atoms with Crippen LogP contribution in [-0.2, 0) is 20.9 Å². The van der Waals surface area contributed by atoms with Gasteiger partial charge in [-0.25, -0.2) is 9.48 Å². The SMILES string of the molecule is Cc1nn(Cc2ccccc2)c(Cl)c1/C=C/C(=O)OCC(=O)N1CCCCC1. The molecule has 1 aliphatic heterocycles. The van der Waals surface area contributed by atoms with Crippen molar-refractivity contribution in [2.45, 2.75) is 32.7 Å². The number of aromatic nitrogens is 2. The molecule has 0 N–H and O–H groups in total. The van der Waals surface area contributed by atoms with E-state index < -0.39 is 5.97 Å². The van der Waals surface area contributed by atoms with Gasteiger partial charge in [0.15, 0.2) is 6.61 Å². The van der Waals surface area contributed by atoms with Gasteiger partial charge >= 0.3 is 5.97 Å². The molecule has 0 aliphatic carbocycles. The fourth-order valence-electron chi connectivity index (χ4n) is 3.18. The summed E-state index contributed by atoms with van der Waals surface area (Å²) >= 11 is 6.43. The Balaban J connectivity index is 1.57. The van der Waals surface area contributed by atoms with Gasteiger partial charge < -0.3 is 9.64 Å². The highest BCUT2D eigenvalue weighted by molar-refractivity contribution is 6.31. The zero-order chi connectivity index (χ0) is 19.9. The van der Waals surface area contributed by atoms with Crippen LogP contribution in [-0.4, -0.2) is 46.3 Å². The van der Waals surface area contributed by atoms with Gasteiger partial charge in [-0.05, 0) is 37.8 Å². The van der Waals surface area contributed by atoms with Crippen molar-refractivity contribution in [3.8, 4) is 0 Å². The number of hydrogen-bond donors (Lipinski definition) is 0. The molecule has 1 aromatic heterocycles. The largest absolute Gasteiger partial charge is 0.452 e. The number of benzene rings is 1. The fourth-order valence-corrected chi connectivity index (χ4v) is 3.48. The van der Waals surface area contributed by atoms with Gasteiger partial charge in [0, 0.05) is 24.7 Å². The van der Waals surface area contributed by atoms with Crippen molar-refractivity contribution < 1.29 is 14.3 Å². The Morgan fingerprint density at radius 1 is 1.18 bits per heavy atom. The number of esters is 1. The zero-order valence-electron chi connectivity index (χ0n) is 15.9. The van der Waals surface area contributed by atoms with E-state index in [1.807, 2.05) is 37.3 Å². The quantitative estimate of drug-likeness (QED) is 0.549. The molecule has 1 aliphatic rings. The highest BCUT2D eigenvalue weighted by Crippen LogP contribution is 2.22. The molecular weight excluding hydrogens is 378 g/mol.